The molecule has 8 heteroatoms. The third-order valence-electron chi connectivity index (χ3n) is 9.36. The van der Waals surface area contributed by atoms with E-state index in [1.54, 1.807) is 20.8 Å². The summed E-state index contributed by atoms with van der Waals surface area (Å²) in [5.74, 6) is -4.57. The Morgan fingerprint density at radius 1 is 1.25 bits per heavy atom. The van der Waals surface area contributed by atoms with E-state index >= 15 is 4.39 Å². The van der Waals surface area contributed by atoms with Crippen LogP contribution in [0.5, 0.6) is 0 Å². The quantitative estimate of drug-likeness (QED) is 0.636. The molecule has 4 aliphatic carbocycles. The number of aliphatic hydroxyl groups is 2. The number of Topliss-reactive ketones (excluding diaryl/α,β-unsaturated/α-hetero) is 2. The van der Waals surface area contributed by atoms with Crippen molar-refractivity contribution < 1.29 is 38.1 Å². The second-order valence-electron chi connectivity index (χ2n) is 10.9. The smallest absolute Gasteiger partial charge is 0.303 e. The molecule has 4 aliphatic rings. The van der Waals surface area contributed by atoms with Crippen LogP contribution in [0.2, 0.25) is 0 Å². The molecule has 32 heavy (non-hydrogen) atoms. The minimum absolute atomic E-state index is 0.0301. The predicted molar refractivity (Wildman–Crippen MR) is 110 cm³/mol. The molecule has 0 aliphatic heterocycles. The topological polar surface area (TPSA) is 101 Å². The summed E-state index contributed by atoms with van der Waals surface area (Å²) in [7, 11) is 0. The molecule has 6 nitrogen and oxygen atoms in total. The van der Waals surface area contributed by atoms with Crippen LogP contribution in [-0.4, -0.2) is 52.2 Å². The van der Waals surface area contributed by atoms with Crippen LogP contribution in [0.4, 0.5) is 8.78 Å². The molecule has 0 aromatic carbocycles. The molecule has 0 saturated heterocycles. The zero-order valence-electron chi connectivity index (χ0n) is 19.0. The van der Waals surface area contributed by atoms with Crippen molar-refractivity contribution in [1.82, 2.24) is 0 Å². The fourth-order valence-corrected chi connectivity index (χ4v) is 8.00. The van der Waals surface area contributed by atoms with Crippen LogP contribution < -0.4 is 0 Å². The molecule has 0 spiro atoms. The normalized spacial score (nSPS) is 48.1. The minimum atomic E-state index is -1.84. The molecule has 3 fully saturated rings. The Labute approximate surface area is 186 Å². The number of allylic oxidation sites excluding steroid dienone is 1. The van der Waals surface area contributed by atoms with Gasteiger partial charge in [-0.25, -0.2) is 8.78 Å². The van der Waals surface area contributed by atoms with Gasteiger partial charge in [0.1, 0.15) is 11.8 Å². The van der Waals surface area contributed by atoms with Crippen LogP contribution in [0.15, 0.2) is 11.4 Å². The number of hydrogen-bond donors (Lipinski definition) is 2. The number of aliphatic hydroxyl groups excluding tert-OH is 1. The largest absolute Gasteiger partial charge is 0.458 e. The van der Waals surface area contributed by atoms with E-state index < -0.39 is 70.5 Å². The maximum absolute atomic E-state index is 15.4. The van der Waals surface area contributed by atoms with E-state index in [0.717, 1.165) is 0 Å². The lowest BCUT2D eigenvalue weighted by Gasteiger charge is -2.61. The first-order valence-electron chi connectivity index (χ1n) is 11.4. The predicted octanol–water partition coefficient (Wildman–Crippen LogP) is 2.84. The second kappa shape index (κ2) is 7.42. The number of esters is 1. The number of ketones is 2. The molecule has 0 amide bonds. The van der Waals surface area contributed by atoms with Gasteiger partial charge in [0, 0.05) is 29.7 Å². The van der Waals surface area contributed by atoms with Gasteiger partial charge in [-0.2, -0.15) is 0 Å². The van der Waals surface area contributed by atoms with Crippen LogP contribution >= 0.6 is 0 Å². The van der Waals surface area contributed by atoms with Gasteiger partial charge in [-0.05, 0) is 49.4 Å². The number of ether oxygens (including phenoxy) is 1. The van der Waals surface area contributed by atoms with Crippen LogP contribution in [-0.2, 0) is 19.1 Å². The average Bonchev–Trinajstić information content (AvgIpc) is 2.90. The number of carbonyl (C=O) groups excluding carboxylic acids is 3. The van der Waals surface area contributed by atoms with Gasteiger partial charge in [-0.1, -0.05) is 20.8 Å². The molecule has 0 radical (unpaired) electrons. The summed E-state index contributed by atoms with van der Waals surface area (Å²) in [5.41, 5.74) is -4.00. The third kappa shape index (κ3) is 2.91. The van der Waals surface area contributed by atoms with Crippen molar-refractivity contribution in [1.29, 1.82) is 0 Å². The van der Waals surface area contributed by atoms with Gasteiger partial charge in [0.05, 0.1) is 6.10 Å². The zero-order valence-corrected chi connectivity index (χ0v) is 19.0. The van der Waals surface area contributed by atoms with Crippen LogP contribution in [0, 0.1) is 34.5 Å². The molecule has 2 N–H and O–H groups in total. The lowest BCUT2D eigenvalue weighted by Crippen LogP contribution is -2.64. The highest BCUT2D eigenvalue weighted by Gasteiger charge is 2.71. The first kappa shape index (κ1) is 23.5. The highest BCUT2D eigenvalue weighted by atomic mass is 19.1. The number of carbonyl (C=O) groups is 3. The standard InChI is InChI=1S/C24H32F2O6/c1-11-7-14-13-8-15(25)20-21(26)16(28)5-6-22(20,3)19(13)17(29)9-23(14,4)24(11,31)18(30)10-32-12(2)27/h11,13-15,17,19,29,31H,5-10H2,1-4H3/t11-,13+,14+,15+,17+,19-,22-,23+,24+/m1/s1. The lowest BCUT2D eigenvalue weighted by molar-refractivity contribution is -0.191. The van der Waals surface area contributed by atoms with Gasteiger partial charge < -0.3 is 14.9 Å². The Morgan fingerprint density at radius 3 is 2.53 bits per heavy atom. The van der Waals surface area contributed by atoms with E-state index in [9.17, 15) is 29.0 Å². The van der Waals surface area contributed by atoms with E-state index in [-0.39, 0.29) is 43.1 Å². The van der Waals surface area contributed by atoms with Crippen molar-refractivity contribution in [2.24, 2.45) is 34.5 Å². The Bertz CT molecular complexity index is 901. The monoisotopic (exact) mass is 454 g/mol. The second-order valence-corrected chi connectivity index (χ2v) is 10.9. The summed E-state index contributed by atoms with van der Waals surface area (Å²) in [6.45, 7) is 5.85. The number of fused-ring (bicyclic) bond motifs is 5. The first-order chi connectivity index (χ1) is 14.8. The molecule has 0 aromatic rings. The lowest BCUT2D eigenvalue weighted by atomic mass is 9.45. The van der Waals surface area contributed by atoms with Crippen molar-refractivity contribution in [3.63, 3.8) is 0 Å². The van der Waals surface area contributed by atoms with E-state index in [1.165, 1.54) is 6.92 Å². The van der Waals surface area contributed by atoms with Crippen molar-refractivity contribution in [2.45, 2.75) is 77.7 Å². The fourth-order valence-electron chi connectivity index (χ4n) is 8.00. The summed E-state index contributed by atoms with van der Waals surface area (Å²) in [6, 6.07) is 0. The van der Waals surface area contributed by atoms with Gasteiger partial charge >= 0.3 is 5.97 Å². The molecule has 178 valence electrons. The van der Waals surface area contributed by atoms with Crippen molar-refractivity contribution in [3.8, 4) is 0 Å². The Kier molecular flexibility index (Phi) is 5.45. The van der Waals surface area contributed by atoms with E-state index in [2.05, 4.69) is 0 Å². The Hall–Kier alpha value is -1.67. The molecule has 0 aromatic heterocycles. The number of hydrogen-bond acceptors (Lipinski definition) is 6. The van der Waals surface area contributed by atoms with Gasteiger partial charge in [-0.3, -0.25) is 14.4 Å². The van der Waals surface area contributed by atoms with Gasteiger partial charge in [0.15, 0.2) is 18.2 Å². The van der Waals surface area contributed by atoms with E-state index in [0.29, 0.717) is 6.42 Å². The SMILES string of the molecule is CC(=O)OCC(=O)[C@@]1(O)[C@H](C)C[C@H]2[C@@H]3C[C@H](F)C4=C(F)C(=O)CC[C@]4(C)[C@H]3[C@@H](O)C[C@@]21C. The molecule has 4 rings (SSSR count). The highest BCUT2D eigenvalue weighted by molar-refractivity contribution is 5.95. The van der Waals surface area contributed by atoms with E-state index in [4.69, 9.17) is 4.74 Å². The van der Waals surface area contributed by atoms with Crippen molar-refractivity contribution >= 4 is 17.5 Å². The Morgan fingerprint density at radius 2 is 1.91 bits per heavy atom. The van der Waals surface area contributed by atoms with Crippen LogP contribution in [0.1, 0.15) is 59.8 Å². The summed E-state index contributed by atoms with van der Waals surface area (Å²) >= 11 is 0. The zero-order chi connectivity index (χ0) is 23.8. The molecular weight excluding hydrogens is 422 g/mol. The molecule has 0 bridgehead atoms. The maximum Gasteiger partial charge on any atom is 0.303 e. The van der Waals surface area contributed by atoms with Gasteiger partial charge in [0.2, 0.25) is 5.78 Å². The average molecular weight is 455 g/mol. The molecule has 3 saturated carbocycles. The number of halogens is 2. The summed E-state index contributed by atoms with van der Waals surface area (Å²) < 4.78 is 35.0. The third-order valence-corrected chi connectivity index (χ3v) is 9.36. The molecule has 0 unspecified atom stereocenters. The van der Waals surface area contributed by atoms with Crippen LogP contribution in [0.25, 0.3) is 0 Å². The summed E-state index contributed by atoms with van der Waals surface area (Å²) in [6.07, 6.45) is -1.96. The summed E-state index contributed by atoms with van der Waals surface area (Å²) in [5, 5.41) is 23.0. The fraction of sp³-hybridized carbons (Fsp3) is 0.792. The molecule has 9 atom stereocenters. The van der Waals surface area contributed by atoms with Crippen molar-refractivity contribution in [2.75, 3.05) is 6.61 Å². The van der Waals surface area contributed by atoms with Crippen LogP contribution in [0.3, 0.4) is 0 Å². The van der Waals surface area contributed by atoms with Crippen molar-refractivity contribution in [3.05, 3.63) is 11.4 Å². The maximum atomic E-state index is 15.4. The van der Waals surface area contributed by atoms with Gasteiger partial charge in [-0.15, -0.1) is 0 Å². The highest BCUT2D eigenvalue weighted by Crippen LogP contribution is 2.69. The van der Waals surface area contributed by atoms with E-state index in [1.807, 2.05) is 0 Å². The number of alkyl halides is 1. The Balaban J connectivity index is 1.75. The summed E-state index contributed by atoms with van der Waals surface area (Å²) in [4.78, 5) is 36.2. The first-order valence-corrected chi connectivity index (χ1v) is 11.4. The minimum Gasteiger partial charge on any atom is -0.458 e. The number of rotatable bonds is 3. The van der Waals surface area contributed by atoms with Gasteiger partial charge in [0.25, 0.3) is 0 Å². The molecule has 0 heterocycles. The molecular formula is C24H32F2O6.